The van der Waals surface area contributed by atoms with E-state index in [4.69, 9.17) is 16.3 Å². The first-order chi connectivity index (χ1) is 8.61. The van der Waals surface area contributed by atoms with Crippen molar-refractivity contribution in [2.75, 3.05) is 0 Å². The van der Waals surface area contributed by atoms with E-state index in [0.717, 1.165) is 22.4 Å². The third-order valence-electron chi connectivity index (χ3n) is 2.68. The number of rotatable bonds is 3. The Balaban J connectivity index is 2.37. The van der Waals surface area contributed by atoms with Crippen LogP contribution in [0.1, 0.15) is 21.5 Å². The highest BCUT2D eigenvalue weighted by molar-refractivity contribution is 6.32. The minimum Gasteiger partial charge on any atom is -0.457 e. The van der Waals surface area contributed by atoms with Crippen molar-refractivity contribution in [2.24, 2.45) is 0 Å². The van der Waals surface area contributed by atoms with Gasteiger partial charge in [0.15, 0.2) is 6.29 Å². The van der Waals surface area contributed by atoms with Crippen LogP contribution < -0.4 is 4.74 Å². The molecule has 0 N–H and O–H groups in total. The Hall–Kier alpha value is -1.80. The molecule has 2 rings (SSSR count). The smallest absolute Gasteiger partial charge is 0.153 e. The highest BCUT2D eigenvalue weighted by Gasteiger charge is 2.07. The molecule has 2 aromatic carbocycles. The lowest BCUT2D eigenvalue weighted by molar-refractivity contribution is 0.112. The molecule has 0 aromatic heterocycles. The number of aryl methyl sites for hydroxylation is 2. The Morgan fingerprint density at radius 1 is 1.11 bits per heavy atom. The van der Waals surface area contributed by atoms with E-state index in [2.05, 4.69) is 0 Å². The van der Waals surface area contributed by atoms with E-state index in [1.807, 2.05) is 32.0 Å². The molecule has 2 nitrogen and oxygen atoms in total. The molecule has 0 fully saturated rings. The molecule has 0 aliphatic heterocycles. The quantitative estimate of drug-likeness (QED) is 0.756. The maximum Gasteiger partial charge on any atom is 0.153 e. The van der Waals surface area contributed by atoms with Gasteiger partial charge in [0.05, 0.1) is 5.56 Å². The molecule has 18 heavy (non-hydrogen) atoms. The highest BCUT2D eigenvalue weighted by atomic mass is 35.5. The van der Waals surface area contributed by atoms with Gasteiger partial charge in [-0.1, -0.05) is 23.7 Å². The normalized spacial score (nSPS) is 10.2. The average Bonchev–Trinajstić information content (AvgIpc) is 2.36. The predicted octanol–water partition coefficient (Wildman–Crippen LogP) is 4.56. The molecule has 0 atom stereocenters. The van der Waals surface area contributed by atoms with Crippen molar-refractivity contribution >= 4 is 17.9 Å². The van der Waals surface area contributed by atoms with Gasteiger partial charge >= 0.3 is 0 Å². The second-order valence-corrected chi connectivity index (χ2v) is 4.51. The van der Waals surface area contributed by atoms with E-state index < -0.39 is 0 Å². The van der Waals surface area contributed by atoms with Gasteiger partial charge in [-0.05, 0) is 49.2 Å². The Labute approximate surface area is 111 Å². The van der Waals surface area contributed by atoms with Gasteiger partial charge < -0.3 is 4.74 Å². The Kier molecular flexibility index (Phi) is 3.68. The minimum absolute atomic E-state index is 0.530. The van der Waals surface area contributed by atoms with Crippen LogP contribution in [0.25, 0.3) is 0 Å². The van der Waals surface area contributed by atoms with Crippen LogP contribution >= 0.6 is 11.6 Å². The summed E-state index contributed by atoms with van der Waals surface area (Å²) in [4.78, 5) is 10.9. The zero-order chi connectivity index (χ0) is 13.1. The number of halogens is 1. The van der Waals surface area contributed by atoms with Crippen LogP contribution in [0.3, 0.4) is 0 Å². The summed E-state index contributed by atoms with van der Waals surface area (Å²) in [7, 11) is 0. The number of para-hydroxylation sites is 1. The zero-order valence-corrected chi connectivity index (χ0v) is 11.0. The van der Waals surface area contributed by atoms with Crippen LogP contribution in [0.4, 0.5) is 0 Å². The van der Waals surface area contributed by atoms with Crippen LogP contribution in [0.2, 0.25) is 5.02 Å². The highest BCUT2D eigenvalue weighted by Crippen LogP contribution is 2.30. The Morgan fingerprint density at radius 2 is 1.72 bits per heavy atom. The summed E-state index contributed by atoms with van der Waals surface area (Å²) in [6.07, 6.45) is 0.783. The van der Waals surface area contributed by atoms with E-state index >= 15 is 0 Å². The molecule has 0 heterocycles. The molecular weight excluding hydrogens is 248 g/mol. The summed E-state index contributed by atoms with van der Waals surface area (Å²) in [6, 6.07) is 10.8. The van der Waals surface area contributed by atoms with Gasteiger partial charge in [0.2, 0.25) is 0 Å². The SMILES string of the molecule is Cc1cc(Oc2ccccc2C=O)cc(C)c1Cl. The van der Waals surface area contributed by atoms with Crippen LogP contribution in [0.15, 0.2) is 36.4 Å². The van der Waals surface area contributed by atoms with Crippen molar-refractivity contribution in [1.29, 1.82) is 0 Å². The van der Waals surface area contributed by atoms with Gasteiger partial charge in [-0.15, -0.1) is 0 Å². The largest absolute Gasteiger partial charge is 0.457 e. The van der Waals surface area contributed by atoms with Crippen LogP contribution in [-0.4, -0.2) is 6.29 Å². The number of hydrogen-bond donors (Lipinski definition) is 0. The maximum atomic E-state index is 10.9. The van der Waals surface area contributed by atoms with E-state index in [1.54, 1.807) is 18.2 Å². The van der Waals surface area contributed by atoms with Crippen molar-refractivity contribution in [1.82, 2.24) is 0 Å². The van der Waals surface area contributed by atoms with Crippen molar-refractivity contribution in [2.45, 2.75) is 13.8 Å². The molecule has 3 heteroatoms. The molecule has 0 amide bonds. The van der Waals surface area contributed by atoms with Gasteiger partial charge in [-0.25, -0.2) is 0 Å². The fourth-order valence-corrected chi connectivity index (χ4v) is 1.87. The third kappa shape index (κ3) is 2.54. The summed E-state index contributed by atoms with van der Waals surface area (Å²) in [5, 5.41) is 0.742. The standard InChI is InChI=1S/C15H13ClO2/c1-10-7-13(8-11(2)15(10)16)18-14-6-4-3-5-12(14)9-17/h3-9H,1-2H3. The predicted molar refractivity (Wildman–Crippen MR) is 72.8 cm³/mol. The molecule has 0 saturated carbocycles. The Morgan fingerprint density at radius 3 is 2.33 bits per heavy atom. The van der Waals surface area contributed by atoms with Crippen LogP contribution in [-0.2, 0) is 0 Å². The van der Waals surface area contributed by atoms with Gasteiger partial charge in [-0.3, -0.25) is 4.79 Å². The van der Waals surface area contributed by atoms with Gasteiger partial charge in [0.25, 0.3) is 0 Å². The number of benzene rings is 2. The van der Waals surface area contributed by atoms with E-state index in [0.29, 0.717) is 17.1 Å². The molecule has 2 aromatic rings. The number of carbonyl (C=O) groups is 1. The van der Waals surface area contributed by atoms with E-state index in [9.17, 15) is 4.79 Å². The van der Waals surface area contributed by atoms with Crippen LogP contribution in [0.5, 0.6) is 11.5 Å². The third-order valence-corrected chi connectivity index (χ3v) is 3.28. The lowest BCUT2D eigenvalue weighted by Gasteiger charge is -2.10. The van der Waals surface area contributed by atoms with E-state index in [1.165, 1.54) is 0 Å². The zero-order valence-electron chi connectivity index (χ0n) is 10.2. The summed E-state index contributed by atoms with van der Waals surface area (Å²) < 4.78 is 5.73. The fourth-order valence-electron chi connectivity index (χ4n) is 1.76. The average molecular weight is 261 g/mol. The minimum atomic E-state index is 0.530. The van der Waals surface area contributed by atoms with Crippen molar-refractivity contribution in [3.63, 3.8) is 0 Å². The second kappa shape index (κ2) is 5.23. The molecule has 0 bridgehead atoms. The van der Waals surface area contributed by atoms with Crippen LogP contribution in [0, 0.1) is 13.8 Å². The topological polar surface area (TPSA) is 26.3 Å². The number of aldehydes is 1. The molecule has 0 unspecified atom stereocenters. The molecule has 0 saturated heterocycles. The fraction of sp³-hybridized carbons (Fsp3) is 0.133. The van der Waals surface area contributed by atoms with Crippen molar-refractivity contribution in [3.8, 4) is 11.5 Å². The second-order valence-electron chi connectivity index (χ2n) is 4.13. The van der Waals surface area contributed by atoms with Crippen molar-refractivity contribution < 1.29 is 9.53 Å². The first-order valence-corrected chi connectivity index (χ1v) is 5.98. The summed E-state index contributed by atoms with van der Waals surface area (Å²) in [5.74, 6) is 1.23. The van der Waals surface area contributed by atoms with Crippen molar-refractivity contribution in [3.05, 3.63) is 58.1 Å². The number of hydrogen-bond acceptors (Lipinski definition) is 2. The number of carbonyl (C=O) groups excluding carboxylic acids is 1. The lowest BCUT2D eigenvalue weighted by atomic mass is 10.1. The maximum absolute atomic E-state index is 10.9. The molecule has 0 aliphatic rings. The molecular formula is C15H13ClO2. The summed E-state index contributed by atoms with van der Waals surface area (Å²) in [5.41, 5.74) is 2.44. The summed E-state index contributed by atoms with van der Waals surface area (Å²) in [6.45, 7) is 3.85. The lowest BCUT2D eigenvalue weighted by Crippen LogP contribution is -1.91. The Bertz CT molecular complexity index is 568. The first-order valence-electron chi connectivity index (χ1n) is 5.60. The van der Waals surface area contributed by atoms with E-state index in [-0.39, 0.29) is 0 Å². The molecule has 0 radical (unpaired) electrons. The monoisotopic (exact) mass is 260 g/mol. The number of ether oxygens (including phenoxy) is 1. The van der Waals surface area contributed by atoms with Gasteiger partial charge in [0.1, 0.15) is 11.5 Å². The molecule has 92 valence electrons. The van der Waals surface area contributed by atoms with Gasteiger partial charge in [0, 0.05) is 5.02 Å². The summed E-state index contributed by atoms with van der Waals surface area (Å²) >= 11 is 6.10. The van der Waals surface area contributed by atoms with Gasteiger partial charge in [-0.2, -0.15) is 0 Å². The first kappa shape index (κ1) is 12.7. The molecule has 0 aliphatic carbocycles. The molecule has 0 spiro atoms.